The number of para-hydroxylation sites is 1. The number of carbonyl (C=O) groups excluding carboxylic acids is 2. The van der Waals surface area contributed by atoms with Crippen molar-refractivity contribution in [3.63, 3.8) is 0 Å². The molecule has 6 nitrogen and oxygen atoms in total. The Morgan fingerprint density at radius 2 is 1.94 bits per heavy atom. The van der Waals surface area contributed by atoms with Gasteiger partial charge in [-0.25, -0.2) is 4.79 Å². The number of pyridine rings is 1. The molecular formula is C25H28N2O4S. The third kappa shape index (κ3) is 4.21. The fourth-order valence-corrected chi connectivity index (χ4v) is 5.78. The van der Waals surface area contributed by atoms with Crippen LogP contribution < -0.4 is 10.9 Å². The molecule has 2 aromatic heterocycles. The molecule has 1 aliphatic carbocycles. The molecule has 1 aliphatic rings. The number of anilines is 1. The van der Waals surface area contributed by atoms with Crippen molar-refractivity contribution < 1.29 is 14.3 Å². The first-order chi connectivity index (χ1) is 15.4. The van der Waals surface area contributed by atoms with Gasteiger partial charge in [0.1, 0.15) is 5.00 Å². The minimum Gasteiger partial charge on any atom is -0.462 e. The van der Waals surface area contributed by atoms with E-state index in [1.807, 2.05) is 32.0 Å². The highest BCUT2D eigenvalue weighted by molar-refractivity contribution is 7.17. The van der Waals surface area contributed by atoms with Crippen molar-refractivity contribution >= 4 is 39.1 Å². The molecule has 0 bridgehead atoms. The quantitative estimate of drug-likeness (QED) is 0.547. The van der Waals surface area contributed by atoms with Crippen LogP contribution in [-0.2, 0) is 28.9 Å². The van der Waals surface area contributed by atoms with Gasteiger partial charge >= 0.3 is 5.97 Å². The molecule has 0 atom stereocenters. The van der Waals surface area contributed by atoms with Crippen LogP contribution in [0.5, 0.6) is 0 Å². The summed E-state index contributed by atoms with van der Waals surface area (Å²) in [5.41, 5.74) is 4.21. The Kier molecular flexibility index (Phi) is 6.46. The van der Waals surface area contributed by atoms with Gasteiger partial charge in [-0.1, -0.05) is 18.2 Å². The van der Waals surface area contributed by atoms with Crippen molar-refractivity contribution in [1.29, 1.82) is 0 Å². The smallest absolute Gasteiger partial charge is 0.341 e. The molecule has 32 heavy (non-hydrogen) atoms. The van der Waals surface area contributed by atoms with Crippen molar-refractivity contribution in [3.05, 3.63) is 61.8 Å². The Hall–Kier alpha value is -2.93. The number of ether oxygens (including phenoxy) is 1. The number of nitrogens with one attached hydrogen (secondary N) is 1. The number of rotatable bonds is 6. The van der Waals surface area contributed by atoms with Gasteiger partial charge < -0.3 is 14.6 Å². The maximum Gasteiger partial charge on any atom is 0.341 e. The Balaban J connectivity index is 1.58. The van der Waals surface area contributed by atoms with E-state index >= 15 is 0 Å². The first-order valence-corrected chi connectivity index (χ1v) is 11.9. The van der Waals surface area contributed by atoms with E-state index in [0.717, 1.165) is 58.2 Å². The Morgan fingerprint density at radius 1 is 1.16 bits per heavy atom. The predicted octanol–water partition coefficient (Wildman–Crippen LogP) is 4.76. The molecule has 1 N–H and O–H groups in total. The molecule has 1 aromatic carbocycles. The molecule has 4 rings (SSSR count). The fourth-order valence-electron chi connectivity index (χ4n) is 4.48. The molecule has 2 heterocycles. The summed E-state index contributed by atoms with van der Waals surface area (Å²) >= 11 is 1.47. The van der Waals surface area contributed by atoms with E-state index in [1.54, 1.807) is 17.6 Å². The molecule has 0 aliphatic heterocycles. The summed E-state index contributed by atoms with van der Waals surface area (Å²) in [5, 5.41) is 4.52. The second-order valence-corrected chi connectivity index (χ2v) is 9.33. The molecule has 0 saturated carbocycles. The zero-order chi connectivity index (χ0) is 22.8. The highest BCUT2D eigenvalue weighted by Gasteiger charge is 2.27. The summed E-state index contributed by atoms with van der Waals surface area (Å²) in [4.78, 5) is 39.3. The van der Waals surface area contributed by atoms with E-state index in [9.17, 15) is 14.4 Å². The fraction of sp³-hybridized carbons (Fsp3) is 0.400. The van der Waals surface area contributed by atoms with Crippen LogP contribution in [0.1, 0.15) is 58.1 Å². The van der Waals surface area contributed by atoms with E-state index in [1.165, 1.54) is 11.3 Å². The number of fused-ring (bicyclic) bond motifs is 2. The second-order valence-electron chi connectivity index (χ2n) is 8.22. The van der Waals surface area contributed by atoms with Crippen LogP contribution in [0, 0.1) is 13.8 Å². The minimum absolute atomic E-state index is 0.115. The lowest BCUT2D eigenvalue weighted by Crippen LogP contribution is -2.24. The number of aryl methyl sites for hydroxylation is 4. The summed E-state index contributed by atoms with van der Waals surface area (Å²) in [7, 11) is 0. The summed E-state index contributed by atoms with van der Waals surface area (Å²) in [6, 6.07) is 7.56. The first kappa shape index (κ1) is 22.3. The molecule has 0 radical (unpaired) electrons. The summed E-state index contributed by atoms with van der Waals surface area (Å²) in [6.45, 7) is 6.24. The zero-order valence-corrected chi connectivity index (χ0v) is 19.6. The molecule has 3 aromatic rings. The van der Waals surface area contributed by atoms with Crippen molar-refractivity contribution in [2.24, 2.45) is 0 Å². The molecule has 1 amide bonds. The Bertz CT molecular complexity index is 1260. The van der Waals surface area contributed by atoms with Gasteiger partial charge in [-0.05, 0) is 63.1 Å². The van der Waals surface area contributed by atoms with Gasteiger partial charge in [0.2, 0.25) is 5.91 Å². The van der Waals surface area contributed by atoms with Gasteiger partial charge in [0.25, 0.3) is 5.56 Å². The van der Waals surface area contributed by atoms with E-state index in [0.29, 0.717) is 17.2 Å². The number of aromatic nitrogens is 1. The molecule has 0 spiro atoms. The number of esters is 1. The van der Waals surface area contributed by atoms with Gasteiger partial charge in [-0.15, -0.1) is 11.3 Å². The van der Waals surface area contributed by atoms with Crippen LogP contribution in [0.15, 0.2) is 29.1 Å². The number of thiophene rings is 1. The van der Waals surface area contributed by atoms with Crippen LogP contribution in [0.25, 0.3) is 10.9 Å². The maximum atomic E-state index is 12.9. The molecule has 168 valence electrons. The second kappa shape index (κ2) is 9.28. The Labute approximate surface area is 191 Å². The van der Waals surface area contributed by atoms with Crippen molar-refractivity contribution in [2.75, 3.05) is 11.9 Å². The molecular weight excluding hydrogens is 424 g/mol. The molecule has 7 heteroatoms. The van der Waals surface area contributed by atoms with Gasteiger partial charge in [0.05, 0.1) is 17.7 Å². The lowest BCUT2D eigenvalue weighted by atomic mass is 9.95. The standard InChI is InChI=1S/C25H28N2O4S/c1-4-31-25(30)22-18-9-5-6-11-19(18)32-24(22)26-20(28)12-13-27-21(29)14-16(3)17-10-7-8-15(2)23(17)27/h7-8,10,14H,4-6,9,11-13H2,1-3H3,(H,26,28). The monoisotopic (exact) mass is 452 g/mol. The number of nitrogens with zero attached hydrogens (tertiary/aromatic N) is 1. The minimum atomic E-state index is -0.376. The lowest BCUT2D eigenvalue weighted by Gasteiger charge is -2.14. The van der Waals surface area contributed by atoms with Crippen molar-refractivity contribution in [1.82, 2.24) is 4.57 Å². The average molecular weight is 453 g/mol. The van der Waals surface area contributed by atoms with Crippen molar-refractivity contribution in [2.45, 2.75) is 59.4 Å². The van der Waals surface area contributed by atoms with Gasteiger partial charge in [0.15, 0.2) is 0 Å². The topological polar surface area (TPSA) is 77.4 Å². The van der Waals surface area contributed by atoms with Crippen LogP contribution in [0.3, 0.4) is 0 Å². The largest absolute Gasteiger partial charge is 0.462 e. The Morgan fingerprint density at radius 3 is 2.72 bits per heavy atom. The number of amides is 1. The molecule has 0 unspecified atom stereocenters. The summed E-state index contributed by atoms with van der Waals surface area (Å²) < 4.78 is 6.93. The summed E-state index contributed by atoms with van der Waals surface area (Å²) in [6.07, 6.45) is 4.02. The number of hydrogen-bond acceptors (Lipinski definition) is 5. The maximum absolute atomic E-state index is 12.9. The number of carbonyl (C=O) groups is 2. The highest BCUT2D eigenvalue weighted by Crippen LogP contribution is 2.38. The normalized spacial score (nSPS) is 13.1. The van der Waals surface area contributed by atoms with E-state index in [2.05, 4.69) is 5.32 Å². The molecule has 0 saturated heterocycles. The summed E-state index contributed by atoms with van der Waals surface area (Å²) in [5.74, 6) is -0.595. The third-order valence-corrected chi connectivity index (χ3v) is 7.21. The van der Waals surface area contributed by atoms with Crippen LogP contribution in [-0.4, -0.2) is 23.1 Å². The van der Waals surface area contributed by atoms with E-state index < -0.39 is 0 Å². The van der Waals surface area contributed by atoms with E-state index in [4.69, 9.17) is 4.74 Å². The SMILES string of the molecule is CCOC(=O)c1c(NC(=O)CCn2c(=O)cc(C)c3cccc(C)c32)sc2c1CCCC2. The number of benzene rings is 1. The molecule has 0 fully saturated rings. The lowest BCUT2D eigenvalue weighted by molar-refractivity contribution is -0.116. The third-order valence-electron chi connectivity index (χ3n) is 6.00. The van der Waals surface area contributed by atoms with Crippen LogP contribution >= 0.6 is 11.3 Å². The number of hydrogen-bond donors (Lipinski definition) is 1. The van der Waals surface area contributed by atoms with Crippen molar-refractivity contribution in [3.8, 4) is 0 Å². The highest BCUT2D eigenvalue weighted by atomic mass is 32.1. The first-order valence-electron chi connectivity index (χ1n) is 11.1. The van der Waals surface area contributed by atoms with Crippen LogP contribution in [0.4, 0.5) is 5.00 Å². The van der Waals surface area contributed by atoms with Gasteiger partial charge in [-0.3, -0.25) is 9.59 Å². The van der Waals surface area contributed by atoms with E-state index in [-0.39, 0.29) is 30.4 Å². The van der Waals surface area contributed by atoms with Gasteiger partial charge in [-0.2, -0.15) is 0 Å². The van der Waals surface area contributed by atoms with Crippen LogP contribution in [0.2, 0.25) is 0 Å². The average Bonchev–Trinajstić information content (AvgIpc) is 3.12. The van der Waals surface area contributed by atoms with Gasteiger partial charge in [0, 0.05) is 29.3 Å². The zero-order valence-electron chi connectivity index (χ0n) is 18.7. The predicted molar refractivity (Wildman–Crippen MR) is 128 cm³/mol.